The predicted octanol–water partition coefficient (Wildman–Crippen LogP) is 5.53. The fraction of sp³-hybridized carbons (Fsp3) is 0.333. The van der Waals surface area contributed by atoms with Gasteiger partial charge in [-0.3, -0.25) is 0 Å². The minimum Gasteiger partial charge on any atom is -0.390 e. The van der Waals surface area contributed by atoms with E-state index in [1.165, 1.54) is 16.3 Å². The molecule has 3 aromatic rings. The molecule has 0 amide bonds. The van der Waals surface area contributed by atoms with E-state index in [1.807, 2.05) is 12.1 Å². The zero-order valence-corrected chi connectivity index (χ0v) is 16.2. The van der Waals surface area contributed by atoms with E-state index in [2.05, 4.69) is 30.3 Å². The molecule has 3 aromatic carbocycles. The van der Waals surface area contributed by atoms with Crippen LogP contribution in [0.4, 0.5) is 13.2 Å². The van der Waals surface area contributed by atoms with Crippen molar-refractivity contribution in [3.05, 3.63) is 83.4 Å². The van der Waals surface area contributed by atoms with Crippen LogP contribution < -0.4 is 0 Å². The van der Waals surface area contributed by atoms with Gasteiger partial charge in [-0.2, -0.15) is 13.2 Å². The van der Waals surface area contributed by atoms with Crippen LogP contribution >= 0.6 is 0 Å². The van der Waals surface area contributed by atoms with E-state index in [0.29, 0.717) is 11.0 Å². The first-order chi connectivity index (χ1) is 13.9. The predicted molar refractivity (Wildman–Crippen MR) is 108 cm³/mol. The second-order valence-corrected chi connectivity index (χ2v) is 8.07. The van der Waals surface area contributed by atoms with Crippen molar-refractivity contribution in [2.75, 3.05) is 13.2 Å². The summed E-state index contributed by atoms with van der Waals surface area (Å²) in [6, 6.07) is 20.1. The van der Waals surface area contributed by atoms with Crippen LogP contribution in [0.1, 0.15) is 29.5 Å². The number of aliphatic hydroxyl groups is 1. The number of benzene rings is 3. The number of quaternary nitrogens is 1. The smallest absolute Gasteiger partial charge is 0.390 e. The van der Waals surface area contributed by atoms with Crippen molar-refractivity contribution < 1.29 is 22.8 Å². The number of alkyl halides is 3. The lowest BCUT2D eigenvalue weighted by atomic mass is 10.0. The van der Waals surface area contributed by atoms with E-state index in [4.69, 9.17) is 0 Å². The molecule has 0 saturated carbocycles. The normalized spacial score (nSPS) is 22.3. The Morgan fingerprint density at radius 2 is 1.62 bits per heavy atom. The molecule has 0 bridgehead atoms. The summed E-state index contributed by atoms with van der Waals surface area (Å²) in [5.74, 6) is 0. The molecule has 1 heterocycles. The average Bonchev–Trinajstić information content (AvgIpc) is 3.10. The third kappa shape index (κ3) is 4.02. The maximum absolute atomic E-state index is 12.9. The van der Waals surface area contributed by atoms with Crippen LogP contribution in [0.15, 0.2) is 66.7 Å². The van der Waals surface area contributed by atoms with Crippen LogP contribution in [0.5, 0.6) is 0 Å². The summed E-state index contributed by atoms with van der Waals surface area (Å²) < 4.78 is 39.4. The van der Waals surface area contributed by atoms with Crippen LogP contribution in [0.2, 0.25) is 0 Å². The van der Waals surface area contributed by atoms with Gasteiger partial charge in [0.25, 0.3) is 0 Å². The van der Waals surface area contributed by atoms with E-state index in [-0.39, 0.29) is 12.6 Å². The maximum Gasteiger partial charge on any atom is 0.416 e. The molecule has 2 nitrogen and oxygen atoms in total. The highest BCUT2D eigenvalue weighted by atomic mass is 19.4. The van der Waals surface area contributed by atoms with E-state index in [1.54, 1.807) is 12.1 Å². The van der Waals surface area contributed by atoms with E-state index in [9.17, 15) is 18.3 Å². The zero-order valence-electron chi connectivity index (χ0n) is 16.2. The molecule has 152 valence electrons. The lowest BCUT2D eigenvalue weighted by Gasteiger charge is -2.40. The molecule has 4 rings (SSSR count). The van der Waals surface area contributed by atoms with Crippen LogP contribution in [-0.2, 0) is 19.3 Å². The Bertz CT molecular complexity index is 978. The Hall–Kier alpha value is -2.37. The molecule has 1 aliphatic rings. The molecule has 1 saturated heterocycles. The first-order valence-corrected chi connectivity index (χ1v) is 10.0. The maximum atomic E-state index is 12.9. The molecule has 1 fully saturated rings. The number of nitrogens with zero attached hydrogens (tertiary/aromatic N) is 1. The van der Waals surface area contributed by atoms with Crippen molar-refractivity contribution in [2.45, 2.75) is 38.1 Å². The Morgan fingerprint density at radius 3 is 2.34 bits per heavy atom. The molecule has 5 heteroatoms. The molecule has 1 N–H and O–H groups in total. The van der Waals surface area contributed by atoms with Crippen molar-refractivity contribution in [1.82, 2.24) is 0 Å². The second-order valence-electron chi connectivity index (χ2n) is 8.07. The lowest BCUT2D eigenvalue weighted by molar-refractivity contribution is -0.964. The molecule has 2 atom stereocenters. The summed E-state index contributed by atoms with van der Waals surface area (Å²) in [5.41, 5.74) is 1.47. The molecule has 0 aliphatic carbocycles. The fourth-order valence-electron chi connectivity index (χ4n) is 4.77. The minimum atomic E-state index is -4.32. The Morgan fingerprint density at radius 1 is 0.897 bits per heavy atom. The van der Waals surface area contributed by atoms with Gasteiger partial charge in [-0.1, -0.05) is 54.6 Å². The number of hydrogen-bond acceptors (Lipinski definition) is 1. The van der Waals surface area contributed by atoms with Gasteiger partial charge in [-0.05, 0) is 22.9 Å². The SMILES string of the molecule is OC[C@@H]1CCC[N+]1(Cc1ccc(C(F)(F)F)cc1)Cc1cccc2ccccc12. The van der Waals surface area contributed by atoms with Crippen LogP contribution in [-0.4, -0.2) is 28.8 Å². The van der Waals surface area contributed by atoms with Gasteiger partial charge >= 0.3 is 6.18 Å². The topological polar surface area (TPSA) is 20.2 Å². The number of hydrogen-bond donors (Lipinski definition) is 1. The highest BCUT2D eigenvalue weighted by Gasteiger charge is 2.42. The van der Waals surface area contributed by atoms with Gasteiger partial charge in [0.1, 0.15) is 19.1 Å². The van der Waals surface area contributed by atoms with Crippen molar-refractivity contribution in [3.8, 4) is 0 Å². The number of likely N-dealkylation sites (tertiary alicyclic amines) is 1. The average molecular weight is 400 g/mol. The van der Waals surface area contributed by atoms with Gasteiger partial charge in [0.2, 0.25) is 0 Å². The summed E-state index contributed by atoms with van der Waals surface area (Å²) in [6.45, 7) is 2.38. The second kappa shape index (κ2) is 7.81. The lowest BCUT2D eigenvalue weighted by Crippen LogP contribution is -2.51. The first-order valence-electron chi connectivity index (χ1n) is 10.0. The molecule has 0 radical (unpaired) electrons. The van der Waals surface area contributed by atoms with E-state index in [0.717, 1.165) is 43.6 Å². The Balaban J connectivity index is 1.68. The van der Waals surface area contributed by atoms with E-state index >= 15 is 0 Å². The first kappa shape index (κ1) is 19.9. The van der Waals surface area contributed by atoms with Crippen LogP contribution in [0.25, 0.3) is 10.8 Å². The molecule has 1 unspecified atom stereocenters. The minimum absolute atomic E-state index is 0.0887. The highest BCUT2D eigenvalue weighted by Crippen LogP contribution is 2.35. The van der Waals surface area contributed by atoms with Gasteiger partial charge in [0.15, 0.2) is 0 Å². The zero-order chi connectivity index (χ0) is 20.5. The summed E-state index contributed by atoms with van der Waals surface area (Å²) in [5, 5.41) is 12.4. The monoisotopic (exact) mass is 400 g/mol. The van der Waals surface area contributed by atoms with Crippen molar-refractivity contribution >= 4 is 10.8 Å². The molecule has 0 aromatic heterocycles. The fourth-order valence-corrected chi connectivity index (χ4v) is 4.77. The van der Waals surface area contributed by atoms with E-state index < -0.39 is 11.7 Å². The van der Waals surface area contributed by atoms with Crippen molar-refractivity contribution in [3.63, 3.8) is 0 Å². The molecular formula is C24H25F3NO+. The van der Waals surface area contributed by atoms with Gasteiger partial charge in [0, 0.05) is 24.0 Å². The van der Waals surface area contributed by atoms with Gasteiger partial charge in [-0.25, -0.2) is 0 Å². The van der Waals surface area contributed by atoms with Crippen LogP contribution in [0.3, 0.4) is 0 Å². The van der Waals surface area contributed by atoms with Gasteiger partial charge < -0.3 is 9.59 Å². The molecule has 29 heavy (non-hydrogen) atoms. The Kier molecular flexibility index (Phi) is 5.36. The number of fused-ring (bicyclic) bond motifs is 1. The summed E-state index contributed by atoms with van der Waals surface area (Å²) in [4.78, 5) is 0. The third-order valence-electron chi connectivity index (χ3n) is 6.27. The summed E-state index contributed by atoms with van der Waals surface area (Å²) >= 11 is 0. The standard InChI is InChI=1S/C24H25F3NO/c25-24(26,27)21-12-10-18(11-13-21)15-28(14-4-8-22(28)17-29)16-20-7-3-6-19-5-1-2-9-23(19)20/h1-3,5-7,9-13,22,29H,4,8,14-17H2/q+1/t22-,28?/m0/s1. The highest BCUT2D eigenvalue weighted by molar-refractivity contribution is 5.85. The quantitative estimate of drug-likeness (QED) is 0.559. The van der Waals surface area contributed by atoms with Crippen LogP contribution in [0, 0.1) is 0 Å². The third-order valence-corrected chi connectivity index (χ3v) is 6.27. The number of rotatable bonds is 5. The largest absolute Gasteiger partial charge is 0.416 e. The van der Waals surface area contributed by atoms with Gasteiger partial charge in [-0.15, -0.1) is 0 Å². The summed E-state index contributed by atoms with van der Waals surface area (Å²) in [6.07, 6.45) is -2.38. The molecule has 0 spiro atoms. The van der Waals surface area contributed by atoms with Crippen molar-refractivity contribution in [2.24, 2.45) is 0 Å². The molecule has 1 aliphatic heterocycles. The molecular weight excluding hydrogens is 375 g/mol. The van der Waals surface area contributed by atoms with Crippen molar-refractivity contribution in [1.29, 1.82) is 0 Å². The number of aliphatic hydroxyl groups excluding tert-OH is 1. The number of halogens is 3. The Labute approximate surface area is 168 Å². The van der Waals surface area contributed by atoms with Gasteiger partial charge in [0.05, 0.1) is 18.7 Å². The summed E-state index contributed by atoms with van der Waals surface area (Å²) in [7, 11) is 0.